The minimum atomic E-state index is -1.16. The first-order valence-electron chi connectivity index (χ1n) is 8.19. The van der Waals surface area contributed by atoms with Crippen LogP contribution in [0.2, 0.25) is 0 Å². The molecule has 0 aromatic heterocycles. The summed E-state index contributed by atoms with van der Waals surface area (Å²) in [4.78, 5) is 16.0. The highest BCUT2D eigenvalue weighted by Crippen LogP contribution is 2.36. The Hall–Kier alpha value is -2.70. The highest BCUT2D eigenvalue weighted by atomic mass is 16.6. The van der Waals surface area contributed by atoms with Crippen LogP contribution >= 0.6 is 0 Å². The fraction of sp³-hybridized carbons (Fsp3) is 0.263. The van der Waals surface area contributed by atoms with Crippen molar-refractivity contribution in [1.82, 2.24) is 0 Å². The van der Waals surface area contributed by atoms with Crippen molar-refractivity contribution in [2.45, 2.75) is 19.1 Å². The van der Waals surface area contributed by atoms with E-state index in [1.807, 2.05) is 48.5 Å². The number of rotatable bonds is 7. The molecular weight excluding hydrogens is 320 g/mol. The summed E-state index contributed by atoms with van der Waals surface area (Å²) in [5.74, 6) is -1.16. The van der Waals surface area contributed by atoms with Crippen molar-refractivity contribution in [3.63, 3.8) is 0 Å². The van der Waals surface area contributed by atoms with Gasteiger partial charge in [0.15, 0.2) is 0 Å². The van der Waals surface area contributed by atoms with Gasteiger partial charge in [0.2, 0.25) is 0 Å². The number of carbonyl (C=O) groups excluding carboxylic acids is 1. The van der Waals surface area contributed by atoms with E-state index in [1.54, 1.807) is 0 Å². The molecule has 0 unspecified atom stereocenters. The van der Waals surface area contributed by atoms with Gasteiger partial charge in [-0.05, 0) is 18.1 Å². The molecule has 2 atom stereocenters. The third kappa shape index (κ3) is 3.70. The number of hydrogen-bond donors (Lipinski definition) is 2. The van der Waals surface area contributed by atoms with Crippen LogP contribution in [0, 0.1) is 0 Å². The second-order valence-corrected chi connectivity index (χ2v) is 6.06. The maximum absolute atomic E-state index is 10.7. The maximum atomic E-state index is 10.7. The Kier molecular flexibility index (Phi) is 5.11. The van der Waals surface area contributed by atoms with Gasteiger partial charge >= 0.3 is 0 Å². The number of nitrogens with zero attached hydrogens (tertiary/aromatic N) is 1. The highest BCUT2D eigenvalue weighted by molar-refractivity contribution is 6.24. The lowest BCUT2D eigenvalue weighted by Crippen LogP contribution is -2.94. The molecule has 0 heterocycles. The molecule has 25 heavy (non-hydrogen) atoms. The van der Waals surface area contributed by atoms with E-state index in [2.05, 4.69) is 5.16 Å². The molecule has 1 aliphatic carbocycles. The van der Waals surface area contributed by atoms with Crippen molar-refractivity contribution >= 4 is 11.7 Å². The normalized spacial score (nSPS) is 14.4. The van der Waals surface area contributed by atoms with Gasteiger partial charge < -0.3 is 25.2 Å². The summed E-state index contributed by atoms with van der Waals surface area (Å²) in [6, 6.07) is 15.2. The molecule has 0 saturated carbocycles. The molecular formula is C19H20N2O4. The maximum Gasteiger partial charge on any atom is 0.148 e. The summed E-state index contributed by atoms with van der Waals surface area (Å²) in [7, 11) is 0. The van der Waals surface area contributed by atoms with Crippen molar-refractivity contribution in [2.24, 2.45) is 5.16 Å². The fourth-order valence-corrected chi connectivity index (χ4v) is 2.81. The number of aliphatic hydroxyl groups is 1. The second kappa shape index (κ2) is 7.46. The third-order valence-corrected chi connectivity index (χ3v) is 4.21. The molecule has 6 nitrogen and oxygen atoms in total. The molecule has 6 heteroatoms. The summed E-state index contributed by atoms with van der Waals surface area (Å²) in [5, 5.41) is 26.3. The van der Waals surface area contributed by atoms with Gasteiger partial charge in [-0.1, -0.05) is 53.7 Å². The Morgan fingerprint density at radius 1 is 1.12 bits per heavy atom. The van der Waals surface area contributed by atoms with Crippen LogP contribution in [-0.2, 0) is 9.63 Å². The van der Waals surface area contributed by atoms with Gasteiger partial charge in [-0.25, -0.2) is 0 Å². The van der Waals surface area contributed by atoms with Crippen LogP contribution in [0.1, 0.15) is 18.1 Å². The van der Waals surface area contributed by atoms with Gasteiger partial charge in [-0.15, -0.1) is 0 Å². The molecule has 130 valence electrons. The number of quaternary nitrogens is 1. The van der Waals surface area contributed by atoms with Crippen molar-refractivity contribution < 1.29 is 25.2 Å². The predicted molar refractivity (Wildman–Crippen MR) is 90.7 cm³/mol. The van der Waals surface area contributed by atoms with Crippen molar-refractivity contribution in [1.29, 1.82) is 0 Å². The van der Waals surface area contributed by atoms with Gasteiger partial charge in [0.25, 0.3) is 0 Å². The molecule has 3 rings (SSSR count). The molecule has 3 N–H and O–H groups in total. The monoisotopic (exact) mass is 340 g/mol. The first kappa shape index (κ1) is 17.1. The Labute approximate surface area is 145 Å². The molecule has 0 fully saturated rings. The third-order valence-electron chi connectivity index (χ3n) is 4.21. The standard InChI is InChI=1S/C19H20N2O4/c1-12(19(23)24)20-10-13(22)11-25-21-18-16-8-4-2-6-14(16)15-7-3-5-9-17(15)18/h2-9,12-13,20,22H,10-11H2,1H3,(H,23,24)/t12-,13-/m0/s1. The van der Waals surface area contributed by atoms with E-state index in [0.29, 0.717) is 0 Å². The summed E-state index contributed by atoms with van der Waals surface area (Å²) < 4.78 is 0. The van der Waals surface area contributed by atoms with Crippen LogP contribution in [0.4, 0.5) is 0 Å². The Morgan fingerprint density at radius 3 is 2.16 bits per heavy atom. The van der Waals surface area contributed by atoms with Crippen molar-refractivity contribution in [3.05, 3.63) is 59.7 Å². The zero-order valence-corrected chi connectivity index (χ0v) is 13.9. The Balaban J connectivity index is 1.67. The van der Waals surface area contributed by atoms with Gasteiger partial charge in [0, 0.05) is 11.1 Å². The van der Waals surface area contributed by atoms with Crippen LogP contribution < -0.4 is 10.4 Å². The van der Waals surface area contributed by atoms with E-state index < -0.39 is 18.1 Å². The van der Waals surface area contributed by atoms with E-state index in [9.17, 15) is 15.0 Å². The summed E-state index contributed by atoms with van der Waals surface area (Å²) in [6.07, 6.45) is -0.821. The SMILES string of the molecule is C[C@H]([NH2+]C[C@H](O)CON=C1c2ccccc2-c2ccccc21)C(=O)[O-]. The van der Waals surface area contributed by atoms with Crippen LogP contribution in [0.3, 0.4) is 0 Å². The highest BCUT2D eigenvalue weighted by Gasteiger charge is 2.24. The number of benzene rings is 2. The zero-order chi connectivity index (χ0) is 17.8. The second-order valence-electron chi connectivity index (χ2n) is 6.06. The average molecular weight is 340 g/mol. The number of carboxylic acid groups (broad SMARTS) is 1. The molecule has 0 spiro atoms. The molecule has 2 aromatic carbocycles. The number of fused-ring (bicyclic) bond motifs is 3. The summed E-state index contributed by atoms with van der Waals surface area (Å²) >= 11 is 0. The smallest absolute Gasteiger partial charge is 0.148 e. The minimum absolute atomic E-state index is 0.00982. The minimum Gasteiger partial charge on any atom is -0.544 e. The van der Waals surface area contributed by atoms with Crippen LogP contribution in [0.15, 0.2) is 53.7 Å². The number of aliphatic hydroxyl groups excluding tert-OH is 1. The number of carboxylic acids is 1. The summed E-state index contributed by atoms with van der Waals surface area (Å²) in [5.41, 5.74) is 4.95. The van der Waals surface area contributed by atoms with Gasteiger partial charge in [-0.3, -0.25) is 0 Å². The predicted octanol–water partition coefficient (Wildman–Crippen LogP) is -0.501. The van der Waals surface area contributed by atoms with E-state index in [4.69, 9.17) is 4.84 Å². The fourth-order valence-electron chi connectivity index (χ4n) is 2.81. The lowest BCUT2D eigenvalue weighted by molar-refractivity contribution is -0.686. The molecule has 0 radical (unpaired) electrons. The van der Waals surface area contributed by atoms with Crippen molar-refractivity contribution in [2.75, 3.05) is 13.2 Å². The number of hydrogen-bond acceptors (Lipinski definition) is 5. The molecule has 0 amide bonds. The topological polar surface area (TPSA) is 98.6 Å². The van der Waals surface area contributed by atoms with Crippen LogP contribution in [-0.4, -0.2) is 42.1 Å². The number of oxime groups is 1. The largest absolute Gasteiger partial charge is 0.544 e. The van der Waals surface area contributed by atoms with E-state index in [1.165, 1.54) is 12.2 Å². The molecule has 2 aromatic rings. The lowest BCUT2D eigenvalue weighted by Gasteiger charge is -2.14. The first-order valence-corrected chi connectivity index (χ1v) is 8.19. The lowest BCUT2D eigenvalue weighted by atomic mass is 10.1. The van der Waals surface area contributed by atoms with Crippen LogP contribution in [0.25, 0.3) is 11.1 Å². The average Bonchev–Trinajstić information content (AvgIpc) is 2.94. The van der Waals surface area contributed by atoms with E-state index in [-0.39, 0.29) is 13.2 Å². The van der Waals surface area contributed by atoms with Gasteiger partial charge in [0.1, 0.15) is 31.0 Å². The Bertz CT molecular complexity index is 756. The van der Waals surface area contributed by atoms with E-state index in [0.717, 1.165) is 28.0 Å². The quantitative estimate of drug-likeness (QED) is 0.567. The number of nitrogens with two attached hydrogens (primary N) is 1. The van der Waals surface area contributed by atoms with E-state index >= 15 is 0 Å². The van der Waals surface area contributed by atoms with Gasteiger partial charge in [-0.2, -0.15) is 0 Å². The molecule has 0 aliphatic heterocycles. The summed E-state index contributed by atoms with van der Waals surface area (Å²) in [6.45, 7) is 1.70. The Morgan fingerprint density at radius 2 is 1.64 bits per heavy atom. The van der Waals surface area contributed by atoms with Crippen LogP contribution in [0.5, 0.6) is 0 Å². The molecule has 1 aliphatic rings. The van der Waals surface area contributed by atoms with Crippen molar-refractivity contribution in [3.8, 4) is 11.1 Å². The zero-order valence-electron chi connectivity index (χ0n) is 13.9. The molecule has 0 saturated heterocycles. The number of aliphatic carboxylic acids is 1. The molecule has 0 bridgehead atoms. The van der Waals surface area contributed by atoms with Gasteiger partial charge in [0.05, 0.1) is 5.97 Å². The first-order chi connectivity index (χ1) is 12.1. The number of carbonyl (C=O) groups is 1.